The second-order valence-electron chi connectivity index (χ2n) is 2.92. The Morgan fingerprint density at radius 1 is 1.10 bits per heavy atom. The highest BCUT2D eigenvalue weighted by Gasteiger charge is 2.54. The molecule has 1 aliphatic carbocycles. The SMILES string of the molecule is O[C@@H]1[C@@H](O)[C@H](O)C[C@@H]2O[C@H]12. The van der Waals surface area contributed by atoms with Crippen molar-refractivity contribution in [3.8, 4) is 0 Å². The van der Waals surface area contributed by atoms with Crippen molar-refractivity contribution in [3.05, 3.63) is 0 Å². The van der Waals surface area contributed by atoms with Gasteiger partial charge in [0.15, 0.2) is 0 Å². The Bertz CT molecular complexity index is 147. The molecule has 0 amide bonds. The fourth-order valence-corrected chi connectivity index (χ4v) is 1.45. The van der Waals surface area contributed by atoms with Gasteiger partial charge in [-0.25, -0.2) is 0 Å². The van der Waals surface area contributed by atoms with E-state index in [1.54, 1.807) is 0 Å². The van der Waals surface area contributed by atoms with Crippen LogP contribution in [0, 0.1) is 0 Å². The highest BCUT2D eigenvalue weighted by molar-refractivity contribution is 5.02. The Kier molecular flexibility index (Phi) is 1.25. The van der Waals surface area contributed by atoms with Crippen molar-refractivity contribution in [1.29, 1.82) is 0 Å². The van der Waals surface area contributed by atoms with Crippen LogP contribution >= 0.6 is 0 Å². The van der Waals surface area contributed by atoms with E-state index in [4.69, 9.17) is 20.1 Å². The van der Waals surface area contributed by atoms with Gasteiger partial charge in [0.2, 0.25) is 0 Å². The molecule has 2 rings (SSSR count). The van der Waals surface area contributed by atoms with Crippen LogP contribution in [0.15, 0.2) is 0 Å². The first-order chi connectivity index (χ1) is 4.70. The van der Waals surface area contributed by atoms with Crippen LogP contribution < -0.4 is 0 Å². The number of hydrogen-bond donors (Lipinski definition) is 3. The molecule has 2 fully saturated rings. The zero-order valence-corrected chi connectivity index (χ0v) is 5.34. The molecule has 0 aromatic rings. The zero-order chi connectivity index (χ0) is 7.30. The summed E-state index contributed by atoms with van der Waals surface area (Å²) < 4.78 is 4.96. The van der Waals surface area contributed by atoms with E-state index < -0.39 is 18.3 Å². The predicted molar refractivity (Wildman–Crippen MR) is 31.3 cm³/mol. The summed E-state index contributed by atoms with van der Waals surface area (Å²) in [5.41, 5.74) is 0. The van der Waals surface area contributed by atoms with Crippen molar-refractivity contribution in [3.63, 3.8) is 0 Å². The molecule has 5 atom stereocenters. The molecule has 0 aromatic carbocycles. The molecule has 2 aliphatic rings. The lowest BCUT2D eigenvalue weighted by molar-refractivity contribution is -0.0759. The van der Waals surface area contributed by atoms with E-state index in [0.717, 1.165) is 0 Å². The largest absolute Gasteiger partial charge is 0.390 e. The first-order valence-electron chi connectivity index (χ1n) is 3.40. The third-order valence-electron chi connectivity index (χ3n) is 2.18. The molecule has 4 nitrogen and oxygen atoms in total. The first-order valence-corrected chi connectivity index (χ1v) is 3.40. The van der Waals surface area contributed by atoms with Crippen molar-refractivity contribution in [2.45, 2.75) is 36.9 Å². The van der Waals surface area contributed by atoms with Gasteiger partial charge < -0.3 is 20.1 Å². The van der Waals surface area contributed by atoms with Crippen molar-refractivity contribution in [1.82, 2.24) is 0 Å². The van der Waals surface area contributed by atoms with Crippen LogP contribution in [0.3, 0.4) is 0 Å². The minimum Gasteiger partial charge on any atom is -0.390 e. The summed E-state index contributed by atoms with van der Waals surface area (Å²) in [6.07, 6.45) is -2.54. The average Bonchev–Trinajstić information content (AvgIpc) is 2.62. The smallest absolute Gasteiger partial charge is 0.113 e. The van der Waals surface area contributed by atoms with E-state index in [0.29, 0.717) is 6.42 Å². The molecule has 0 aromatic heterocycles. The maximum atomic E-state index is 9.12. The molecular weight excluding hydrogens is 136 g/mol. The maximum absolute atomic E-state index is 9.12. The first kappa shape index (κ1) is 6.54. The Hall–Kier alpha value is -0.160. The summed E-state index contributed by atoms with van der Waals surface area (Å²) >= 11 is 0. The number of rotatable bonds is 0. The summed E-state index contributed by atoms with van der Waals surface area (Å²) in [5.74, 6) is 0. The Balaban J connectivity index is 2.07. The Morgan fingerprint density at radius 3 is 2.50 bits per heavy atom. The highest BCUT2D eigenvalue weighted by atomic mass is 16.6. The number of ether oxygens (including phenoxy) is 1. The van der Waals surface area contributed by atoms with Crippen LogP contribution in [0.1, 0.15) is 6.42 Å². The number of aliphatic hydroxyl groups excluding tert-OH is 3. The van der Waals surface area contributed by atoms with Gasteiger partial charge in [-0.05, 0) is 0 Å². The molecule has 58 valence electrons. The van der Waals surface area contributed by atoms with E-state index >= 15 is 0 Å². The topological polar surface area (TPSA) is 73.2 Å². The lowest BCUT2D eigenvalue weighted by Gasteiger charge is -2.24. The molecule has 0 unspecified atom stereocenters. The fourth-order valence-electron chi connectivity index (χ4n) is 1.45. The van der Waals surface area contributed by atoms with E-state index in [1.165, 1.54) is 0 Å². The van der Waals surface area contributed by atoms with Crippen LogP contribution in [0.25, 0.3) is 0 Å². The molecule has 1 saturated heterocycles. The zero-order valence-electron chi connectivity index (χ0n) is 5.34. The molecule has 0 bridgehead atoms. The van der Waals surface area contributed by atoms with Gasteiger partial charge in [0.1, 0.15) is 18.3 Å². The third-order valence-corrected chi connectivity index (χ3v) is 2.18. The lowest BCUT2D eigenvalue weighted by Crippen LogP contribution is -2.45. The van der Waals surface area contributed by atoms with E-state index in [9.17, 15) is 0 Å². The minimum absolute atomic E-state index is 0.0200. The van der Waals surface area contributed by atoms with Gasteiger partial charge in [-0.15, -0.1) is 0 Å². The van der Waals surface area contributed by atoms with Crippen LogP contribution in [0.2, 0.25) is 0 Å². The summed E-state index contributed by atoms with van der Waals surface area (Å²) in [7, 11) is 0. The minimum atomic E-state index is -1.02. The maximum Gasteiger partial charge on any atom is 0.113 e. The van der Waals surface area contributed by atoms with Crippen LogP contribution in [0.5, 0.6) is 0 Å². The molecule has 0 spiro atoms. The van der Waals surface area contributed by atoms with Crippen molar-refractivity contribution >= 4 is 0 Å². The van der Waals surface area contributed by atoms with E-state index in [2.05, 4.69) is 0 Å². The second-order valence-corrected chi connectivity index (χ2v) is 2.92. The molecular formula is C6H10O4. The quantitative estimate of drug-likeness (QED) is 0.354. The third kappa shape index (κ3) is 0.769. The number of fused-ring (bicyclic) bond motifs is 1. The number of hydrogen-bond acceptors (Lipinski definition) is 4. The predicted octanol–water partition coefficient (Wildman–Crippen LogP) is -1.76. The van der Waals surface area contributed by atoms with Gasteiger partial charge in [-0.2, -0.15) is 0 Å². The van der Waals surface area contributed by atoms with Gasteiger partial charge >= 0.3 is 0 Å². The van der Waals surface area contributed by atoms with Crippen molar-refractivity contribution in [2.75, 3.05) is 0 Å². The molecule has 1 aliphatic heterocycles. The molecule has 4 heteroatoms. The summed E-state index contributed by atoms with van der Waals surface area (Å²) in [6.45, 7) is 0. The Labute approximate surface area is 58.0 Å². The van der Waals surface area contributed by atoms with Gasteiger partial charge in [-0.1, -0.05) is 0 Å². The lowest BCUT2D eigenvalue weighted by atomic mass is 9.92. The van der Waals surface area contributed by atoms with Crippen LogP contribution in [-0.4, -0.2) is 45.8 Å². The van der Waals surface area contributed by atoms with E-state index in [1.807, 2.05) is 0 Å². The van der Waals surface area contributed by atoms with E-state index in [-0.39, 0.29) is 12.2 Å². The molecule has 1 saturated carbocycles. The molecule has 1 heterocycles. The van der Waals surface area contributed by atoms with Crippen LogP contribution in [0.4, 0.5) is 0 Å². The summed E-state index contributed by atoms with van der Waals surface area (Å²) in [5, 5.41) is 27.2. The standard InChI is InChI=1S/C6H10O4/c7-2-1-3-6(10-3)5(9)4(2)8/h2-9H,1H2/t2-,3+,4+,5-,6+/m1/s1. The summed E-state index contributed by atoms with van der Waals surface area (Å²) in [4.78, 5) is 0. The highest BCUT2D eigenvalue weighted by Crippen LogP contribution is 2.36. The van der Waals surface area contributed by atoms with Gasteiger partial charge in [0.25, 0.3) is 0 Å². The molecule has 0 radical (unpaired) electrons. The second kappa shape index (κ2) is 1.92. The van der Waals surface area contributed by atoms with Crippen LogP contribution in [-0.2, 0) is 4.74 Å². The monoisotopic (exact) mass is 146 g/mol. The van der Waals surface area contributed by atoms with Crippen molar-refractivity contribution in [2.24, 2.45) is 0 Å². The molecule has 10 heavy (non-hydrogen) atoms. The fraction of sp³-hybridized carbons (Fsp3) is 1.00. The van der Waals surface area contributed by atoms with Crippen molar-refractivity contribution < 1.29 is 20.1 Å². The van der Waals surface area contributed by atoms with Gasteiger partial charge in [0, 0.05) is 6.42 Å². The average molecular weight is 146 g/mol. The molecule has 3 N–H and O–H groups in total. The van der Waals surface area contributed by atoms with Gasteiger partial charge in [0.05, 0.1) is 12.2 Å². The summed E-state index contributed by atoms with van der Waals surface area (Å²) in [6, 6.07) is 0. The number of aliphatic hydroxyl groups is 3. The normalized spacial score (nSPS) is 59.7. The van der Waals surface area contributed by atoms with Gasteiger partial charge in [-0.3, -0.25) is 0 Å². The number of epoxide rings is 1. The Morgan fingerprint density at radius 2 is 1.80 bits per heavy atom.